The van der Waals surface area contributed by atoms with Crippen LogP contribution in [0.3, 0.4) is 0 Å². The van der Waals surface area contributed by atoms with Crippen molar-refractivity contribution >= 4 is 0 Å². The van der Waals surface area contributed by atoms with Crippen LogP contribution in [-0.2, 0) is 6.42 Å². The molecule has 3 nitrogen and oxygen atoms in total. The van der Waals surface area contributed by atoms with Crippen molar-refractivity contribution < 1.29 is 13.5 Å². The second kappa shape index (κ2) is 14.4. The third-order valence-corrected chi connectivity index (χ3v) is 7.33. The van der Waals surface area contributed by atoms with E-state index in [2.05, 4.69) is 24.0 Å². The summed E-state index contributed by atoms with van der Waals surface area (Å²) in [6.07, 6.45) is 16.3. The Hall–Kier alpha value is -2.04. The molecule has 1 aromatic heterocycles. The van der Waals surface area contributed by atoms with Crippen LogP contribution in [0.25, 0.3) is 11.3 Å². The van der Waals surface area contributed by atoms with E-state index in [9.17, 15) is 8.78 Å². The summed E-state index contributed by atoms with van der Waals surface area (Å²) in [7, 11) is 0. The summed E-state index contributed by atoms with van der Waals surface area (Å²) >= 11 is 0. The lowest BCUT2D eigenvalue weighted by Crippen LogP contribution is -2.15. The van der Waals surface area contributed by atoms with E-state index in [4.69, 9.17) is 4.74 Å². The van der Waals surface area contributed by atoms with E-state index in [-0.39, 0.29) is 5.56 Å². The molecule has 0 N–H and O–H groups in total. The molecule has 1 fully saturated rings. The number of benzene rings is 1. The minimum Gasteiger partial charge on any atom is -0.477 e. The Bertz CT molecular complexity index is 848. The zero-order valence-electron chi connectivity index (χ0n) is 21.1. The summed E-state index contributed by atoms with van der Waals surface area (Å²) < 4.78 is 35.3. The summed E-state index contributed by atoms with van der Waals surface area (Å²) in [6.45, 7) is 5.03. The maximum atomic E-state index is 14.9. The molecule has 0 unspecified atom stereocenters. The van der Waals surface area contributed by atoms with E-state index in [0.29, 0.717) is 36.1 Å². The Kier molecular flexibility index (Phi) is 11.2. The molecule has 1 aromatic carbocycles. The molecule has 3 rings (SSSR count). The normalized spacial score (nSPS) is 18.2. The fourth-order valence-electron chi connectivity index (χ4n) is 5.06. The van der Waals surface area contributed by atoms with Crippen molar-refractivity contribution in [2.24, 2.45) is 11.8 Å². The molecule has 0 saturated heterocycles. The average molecular weight is 473 g/mol. The summed E-state index contributed by atoms with van der Waals surface area (Å²) in [4.78, 5) is 0. The minimum absolute atomic E-state index is 0.149. The van der Waals surface area contributed by atoms with E-state index in [1.54, 1.807) is 24.3 Å². The average Bonchev–Trinajstić information content (AvgIpc) is 2.87. The van der Waals surface area contributed by atoms with Crippen LogP contribution < -0.4 is 4.74 Å². The molecule has 0 amide bonds. The number of rotatable bonds is 14. The molecule has 0 aliphatic heterocycles. The quantitative estimate of drug-likeness (QED) is 0.258. The lowest BCUT2D eigenvalue weighted by atomic mass is 9.78. The van der Waals surface area contributed by atoms with Gasteiger partial charge in [0, 0.05) is 11.6 Å². The third-order valence-electron chi connectivity index (χ3n) is 7.33. The van der Waals surface area contributed by atoms with Gasteiger partial charge in [0.05, 0.1) is 12.3 Å². The van der Waals surface area contributed by atoms with Crippen LogP contribution in [0, 0.1) is 23.5 Å². The topological polar surface area (TPSA) is 35.0 Å². The highest BCUT2D eigenvalue weighted by Gasteiger charge is 2.22. The highest BCUT2D eigenvalue weighted by Crippen LogP contribution is 2.35. The first-order valence-corrected chi connectivity index (χ1v) is 13.6. The number of halogens is 2. The van der Waals surface area contributed by atoms with Gasteiger partial charge in [-0.05, 0) is 48.8 Å². The van der Waals surface area contributed by atoms with Gasteiger partial charge in [-0.3, -0.25) is 0 Å². The monoisotopic (exact) mass is 472 g/mol. The lowest BCUT2D eigenvalue weighted by Gasteiger charge is -2.28. The number of aryl methyl sites for hydroxylation is 1. The highest BCUT2D eigenvalue weighted by molar-refractivity contribution is 5.60. The van der Waals surface area contributed by atoms with Gasteiger partial charge >= 0.3 is 0 Å². The van der Waals surface area contributed by atoms with Crippen molar-refractivity contribution in [3.05, 3.63) is 41.5 Å². The SMILES string of the molecule is CCCCCCCOc1ccc(-c2ccc(CCC3CCC(CCCC)CC3)c(F)c2F)nn1. The summed E-state index contributed by atoms with van der Waals surface area (Å²) in [5.41, 5.74) is 0.935. The Morgan fingerprint density at radius 2 is 1.47 bits per heavy atom. The summed E-state index contributed by atoms with van der Waals surface area (Å²) in [5.74, 6) is 0.336. The Labute approximate surface area is 204 Å². The fourth-order valence-corrected chi connectivity index (χ4v) is 5.06. The molecule has 2 aromatic rings. The van der Waals surface area contributed by atoms with Crippen molar-refractivity contribution in [2.75, 3.05) is 6.61 Å². The van der Waals surface area contributed by atoms with Crippen LogP contribution in [0.4, 0.5) is 8.78 Å². The van der Waals surface area contributed by atoms with E-state index in [1.165, 1.54) is 64.2 Å². The lowest BCUT2D eigenvalue weighted by molar-refractivity contribution is 0.249. The molecule has 5 heteroatoms. The molecule has 1 heterocycles. The molecule has 34 heavy (non-hydrogen) atoms. The molecule has 0 atom stereocenters. The number of aromatic nitrogens is 2. The second-order valence-corrected chi connectivity index (χ2v) is 9.99. The van der Waals surface area contributed by atoms with Gasteiger partial charge in [0.2, 0.25) is 5.88 Å². The summed E-state index contributed by atoms with van der Waals surface area (Å²) in [5, 5.41) is 8.12. The Balaban J connectivity index is 1.49. The van der Waals surface area contributed by atoms with E-state index in [0.717, 1.165) is 25.2 Å². The first-order valence-electron chi connectivity index (χ1n) is 13.6. The molecule has 0 spiro atoms. The second-order valence-electron chi connectivity index (χ2n) is 9.99. The molecule has 188 valence electrons. The standard InChI is InChI=1S/C29H42F2N2O/c1-3-5-7-8-9-21-34-27-20-19-26(32-33-27)25-18-17-24(28(30)29(25)31)16-15-23-13-11-22(12-14-23)10-6-4-2/h17-20,22-23H,3-16,21H2,1-2H3. The van der Waals surface area contributed by atoms with Crippen LogP contribution in [0.1, 0.15) is 103 Å². The molecule has 0 radical (unpaired) electrons. The van der Waals surface area contributed by atoms with Crippen molar-refractivity contribution in [1.29, 1.82) is 0 Å². The predicted molar refractivity (Wildman–Crippen MR) is 135 cm³/mol. The first kappa shape index (κ1) is 26.6. The fraction of sp³-hybridized carbons (Fsp3) is 0.655. The van der Waals surface area contributed by atoms with Crippen molar-refractivity contribution in [3.8, 4) is 17.1 Å². The van der Waals surface area contributed by atoms with Gasteiger partial charge in [-0.25, -0.2) is 8.78 Å². The Morgan fingerprint density at radius 3 is 2.15 bits per heavy atom. The van der Waals surface area contributed by atoms with Gasteiger partial charge in [-0.15, -0.1) is 10.2 Å². The smallest absolute Gasteiger partial charge is 0.233 e. The van der Waals surface area contributed by atoms with Crippen LogP contribution in [0.2, 0.25) is 0 Å². The van der Waals surface area contributed by atoms with Gasteiger partial charge in [-0.1, -0.05) is 90.5 Å². The van der Waals surface area contributed by atoms with Gasteiger partial charge < -0.3 is 4.74 Å². The largest absolute Gasteiger partial charge is 0.477 e. The van der Waals surface area contributed by atoms with E-state index in [1.807, 2.05) is 0 Å². The highest BCUT2D eigenvalue weighted by atomic mass is 19.2. The van der Waals surface area contributed by atoms with Gasteiger partial charge in [0.1, 0.15) is 0 Å². The zero-order chi connectivity index (χ0) is 24.2. The number of ether oxygens (including phenoxy) is 1. The van der Waals surface area contributed by atoms with Crippen LogP contribution >= 0.6 is 0 Å². The van der Waals surface area contributed by atoms with E-state index < -0.39 is 11.6 Å². The van der Waals surface area contributed by atoms with Crippen molar-refractivity contribution in [1.82, 2.24) is 10.2 Å². The van der Waals surface area contributed by atoms with Gasteiger partial charge in [-0.2, -0.15) is 0 Å². The Morgan fingerprint density at radius 1 is 0.765 bits per heavy atom. The zero-order valence-corrected chi connectivity index (χ0v) is 21.1. The van der Waals surface area contributed by atoms with Gasteiger partial charge in [0.25, 0.3) is 0 Å². The summed E-state index contributed by atoms with van der Waals surface area (Å²) in [6, 6.07) is 6.67. The number of nitrogens with zero attached hydrogens (tertiary/aromatic N) is 2. The number of hydrogen-bond acceptors (Lipinski definition) is 3. The third kappa shape index (κ3) is 8.02. The van der Waals surface area contributed by atoms with Crippen molar-refractivity contribution in [3.63, 3.8) is 0 Å². The molecule has 1 aliphatic rings. The molecule has 1 aliphatic carbocycles. The molecular formula is C29H42F2N2O. The first-order chi connectivity index (χ1) is 16.6. The van der Waals surface area contributed by atoms with Gasteiger partial charge in [0.15, 0.2) is 11.6 Å². The predicted octanol–water partition coefficient (Wildman–Crippen LogP) is 8.70. The van der Waals surface area contributed by atoms with Crippen LogP contribution in [0.5, 0.6) is 5.88 Å². The van der Waals surface area contributed by atoms with Crippen LogP contribution in [-0.4, -0.2) is 16.8 Å². The van der Waals surface area contributed by atoms with E-state index >= 15 is 0 Å². The maximum Gasteiger partial charge on any atom is 0.233 e. The molecular weight excluding hydrogens is 430 g/mol. The van der Waals surface area contributed by atoms with Crippen LogP contribution in [0.15, 0.2) is 24.3 Å². The van der Waals surface area contributed by atoms with Crippen molar-refractivity contribution in [2.45, 2.75) is 104 Å². The molecule has 1 saturated carbocycles. The minimum atomic E-state index is -0.834. The number of hydrogen-bond donors (Lipinski definition) is 0. The number of unbranched alkanes of at least 4 members (excludes halogenated alkanes) is 5. The molecule has 0 bridgehead atoms. The maximum absolute atomic E-state index is 14.9.